The molecule has 3 atom stereocenters. The van der Waals surface area contributed by atoms with Crippen LogP contribution in [0.25, 0.3) is 0 Å². The van der Waals surface area contributed by atoms with E-state index in [0.717, 1.165) is 56.6 Å². The van der Waals surface area contributed by atoms with Crippen LogP contribution in [0, 0.1) is 5.92 Å². The molecule has 0 radical (unpaired) electrons. The molecule has 3 heteroatoms. The number of unbranched alkanes of at least 4 members (excludes halogenated alkanes) is 2. The first-order valence-electron chi connectivity index (χ1n) is 10.7. The van der Waals surface area contributed by atoms with Crippen molar-refractivity contribution in [1.82, 2.24) is 0 Å². The molecule has 0 bridgehead atoms. The van der Waals surface area contributed by atoms with Gasteiger partial charge in [0.15, 0.2) is 0 Å². The number of hydrogen-bond donors (Lipinski definition) is 1. The summed E-state index contributed by atoms with van der Waals surface area (Å²) in [6.45, 7) is 7.51. The van der Waals surface area contributed by atoms with Crippen molar-refractivity contribution in [1.29, 1.82) is 0 Å². The minimum atomic E-state index is -0.193. The Kier molecular flexibility index (Phi) is 4.94. The summed E-state index contributed by atoms with van der Waals surface area (Å²) in [5.74, 6) is 2.95. The van der Waals surface area contributed by atoms with Gasteiger partial charge < -0.3 is 14.6 Å². The van der Waals surface area contributed by atoms with Crippen molar-refractivity contribution in [3.8, 4) is 11.5 Å². The van der Waals surface area contributed by atoms with Gasteiger partial charge in [-0.3, -0.25) is 0 Å². The van der Waals surface area contributed by atoms with Gasteiger partial charge in [0.2, 0.25) is 0 Å². The standard InChI is InChI=1S/C23H34O3/c1-4-5-6-8-15-13-20-21(22-17(15)9-7-12-25-22)18-14-16(24)10-11-19(18)23(2,3)26-20/h13,16,18-19,24H,4-12,14H2,1-3H3. The molecule has 3 unspecified atom stereocenters. The molecule has 1 aromatic carbocycles. The summed E-state index contributed by atoms with van der Waals surface area (Å²) in [6, 6.07) is 2.32. The minimum Gasteiger partial charge on any atom is -0.493 e. The zero-order valence-corrected chi connectivity index (χ0v) is 16.6. The summed E-state index contributed by atoms with van der Waals surface area (Å²) in [4.78, 5) is 0. The Morgan fingerprint density at radius 2 is 2.08 bits per heavy atom. The molecule has 1 N–H and O–H groups in total. The van der Waals surface area contributed by atoms with Gasteiger partial charge in [-0.15, -0.1) is 0 Å². The number of aliphatic hydroxyl groups excluding tert-OH is 1. The second kappa shape index (κ2) is 7.07. The molecule has 2 heterocycles. The van der Waals surface area contributed by atoms with Gasteiger partial charge in [0.05, 0.1) is 12.7 Å². The number of ether oxygens (including phenoxy) is 2. The Labute approximate surface area is 158 Å². The maximum Gasteiger partial charge on any atom is 0.129 e. The van der Waals surface area contributed by atoms with Gasteiger partial charge in [0, 0.05) is 17.4 Å². The van der Waals surface area contributed by atoms with E-state index in [1.165, 1.54) is 36.0 Å². The van der Waals surface area contributed by atoms with Crippen LogP contribution in [0.2, 0.25) is 0 Å². The quantitative estimate of drug-likeness (QED) is 0.756. The SMILES string of the molecule is CCCCCc1cc2c(c3c1CCCO3)C1CC(O)CCC1C(C)(C)O2. The number of fused-ring (bicyclic) bond motifs is 5. The summed E-state index contributed by atoms with van der Waals surface area (Å²) in [5, 5.41) is 10.4. The fourth-order valence-electron chi connectivity index (χ4n) is 5.49. The number of benzene rings is 1. The average Bonchev–Trinajstić information content (AvgIpc) is 2.61. The lowest BCUT2D eigenvalue weighted by atomic mass is 9.65. The molecule has 3 aliphatic rings. The van der Waals surface area contributed by atoms with Gasteiger partial charge in [0.25, 0.3) is 0 Å². The highest BCUT2D eigenvalue weighted by atomic mass is 16.5. The van der Waals surface area contributed by atoms with Crippen molar-refractivity contribution in [3.05, 3.63) is 22.8 Å². The number of aliphatic hydroxyl groups is 1. The third-order valence-corrected chi connectivity index (χ3v) is 6.80. The third kappa shape index (κ3) is 3.13. The molecule has 1 saturated carbocycles. The van der Waals surface area contributed by atoms with Crippen LogP contribution in [0.4, 0.5) is 0 Å². The third-order valence-electron chi connectivity index (χ3n) is 6.80. The van der Waals surface area contributed by atoms with Gasteiger partial charge in [-0.25, -0.2) is 0 Å². The Balaban J connectivity index is 1.79. The van der Waals surface area contributed by atoms with Gasteiger partial charge >= 0.3 is 0 Å². The van der Waals surface area contributed by atoms with E-state index in [1.807, 2.05) is 0 Å². The van der Waals surface area contributed by atoms with Crippen LogP contribution < -0.4 is 9.47 Å². The summed E-state index contributed by atoms with van der Waals surface area (Å²) in [5.41, 5.74) is 3.94. The van der Waals surface area contributed by atoms with Crippen molar-refractivity contribution < 1.29 is 14.6 Å². The number of aryl methyl sites for hydroxylation is 1. The fraction of sp³-hybridized carbons (Fsp3) is 0.739. The van der Waals surface area contributed by atoms with Crippen molar-refractivity contribution in [3.63, 3.8) is 0 Å². The maximum atomic E-state index is 10.4. The van der Waals surface area contributed by atoms with Crippen LogP contribution in [0.5, 0.6) is 11.5 Å². The zero-order valence-electron chi connectivity index (χ0n) is 16.6. The number of hydrogen-bond acceptors (Lipinski definition) is 3. The molecular weight excluding hydrogens is 324 g/mol. The maximum absolute atomic E-state index is 10.4. The monoisotopic (exact) mass is 358 g/mol. The van der Waals surface area contributed by atoms with Crippen LogP contribution in [0.1, 0.15) is 88.3 Å². The first-order valence-corrected chi connectivity index (χ1v) is 10.7. The van der Waals surface area contributed by atoms with Gasteiger partial charge in [-0.1, -0.05) is 19.8 Å². The van der Waals surface area contributed by atoms with Crippen LogP contribution >= 0.6 is 0 Å². The Morgan fingerprint density at radius 1 is 1.23 bits per heavy atom. The number of rotatable bonds is 4. The van der Waals surface area contributed by atoms with Crippen LogP contribution in [-0.4, -0.2) is 23.4 Å². The molecule has 0 spiro atoms. The Hall–Kier alpha value is -1.22. The van der Waals surface area contributed by atoms with Crippen molar-refractivity contribution in [2.24, 2.45) is 5.92 Å². The van der Waals surface area contributed by atoms with E-state index in [1.54, 1.807) is 0 Å². The van der Waals surface area contributed by atoms with Crippen molar-refractivity contribution >= 4 is 0 Å². The van der Waals surface area contributed by atoms with Crippen LogP contribution in [0.15, 0.2) is 6.07 Å². The van der Waals surface area contributed by atoms with E-state index in [-0.39, 0.29) is 11.7 Å². The van der Waals surface area contributed by atoms with E-state index in [4.69, 9.17) is 9.47 Å². The molecule has 4 rings (SSSR count). The molecule has 144 valence electrons. The first-order chi connectivity index (χ1) is 12.5. The molecule has 1 aromatic rings. The molecule has 0 aromatic heterocycles. The molecular formula is C23H34O3. The zero-order chi connectivity index (χ0) is 18.3. The molecule has 1 fully saturated rings. The van der Waals surface area contributed by atoms with Gasteiger partial charge in [0.1, 0.15) is 17.1 Å². The van der Waals surface area contributed by atoms with E-state index in [2.05, 4.69) is 26.8 Å². The lowest BCUT2D eigenvalue weighted by molar-refractivity contribution is -0.0321. The van der Waals surface area contributed by atoms with E-state index in [9.17, 15) is 5.11 Å². The highest BCUT2D eigenvalue weighted by Crippen LogP contribution is 2.56. The second-order valence-corrected chi connectivity index (χ2v) is 9.05. The minimum absolute atomic E-state index is 0.179. The van der Waals surface area contributed by atoms with E-state index >= 15 is 0 Å². The van der Waals surface area contributed by atoms with Gasteiger partial charge in [-0.2, -0.15) is 0 Å². The van der Waals surface area contributed by atoms with E-state index < -0.39 is 0 Å². The highest BCUT2D eigenvalue weighted by Gasteiger charge is 2.48. The summed E-state index contributed by atoms with van der Waals surface area (Å²) >= 11 is 0. The second-order valence-electron chi connectivity index (χ2n) is 9.05. The fourth-order valence-corrected chi connectivity index (χ4v) is 5.49. The van der Waals surface area contributed by atoms with Gasteiger partial charge in [-0.05, 0) is 76.0 Å². The average molecular weight is 359 g/mol. The predicted molar refractivity (Wildman–Crippen MR) is 104 cm³/mol. The molecule has 0 amide bonds. The largest absolute Gasteiger partial charge is 0.493 e. The lowest BCUT2D eigenvalue weighted by Gasteiger charge is -2.49. The molecule has 1 aliphatic carbocycles. The summed E-state index contributed by atoms with van der Waals surface area (Å²) in [6.07, 6.45) is 9.67. The first kappa shape index (κ1) is 18.2. The highest BCUT2D eigenvalue weighted by molar-refractivity contribution is 5.58. The Bertz CT molecular complexity index is 664. The smallest absolute Gasteiger partial charge is 0.129 e. The molecule has 26 heavy (non-hydrogen) atoms. The predicted octanol–water partition coefficient (Wildman–Crippen LogP) is 5.16. The summed E-state index contributed by atoms with van der Waals surface area (Å²) in [7, 11) is 0. The van der Waals surface area contributed by atoms with Crippen molar-refractivity contribution in [2.45, 2.75) is 96.2 Å². The summed E-state index contributed by atoms with van der Waals surface area (Å²) < 4.78 is 12.8. The topological polar surface area (TPSA) is 38.7 Å². The molecule has 3 nitrogen and oxygen atoms in total. The normalized spacial score (nSPS) is 29.0. The molecule has 0 saturated heterocycles. The van der Waals surface area contributed by atoms with E-state index in [0.29, 0.717) is 11.8 Å². The van der Waals surface area contributed by atoms with Crippen LogP contribution in [0.3, 0.4) is 0 Å². The van der Waals surface area contributed by atoms with Crippen LogP contribution in [-0.2, 0) is 12.8 Å². The lowest BCUT2D eigenvalue weighted by Crippen LogP contribution is -2.47. The Morgan fingerprint density at radius 3 is 2.88 bits per heavy atom. The van der Waals surface area contributed by atoms with Crippen molar-refractivity contribution in [2.75, 3.05) is 6.61 Å². The molecule has 2 aliphatic heterocycles.